The maximum Gasteiger partial charge on any atom is 0.258 e. The molecule has 1 aromatic heterocycles. The monoisotopic (exact) mass is 405 g/mol. The molecular formula is C25H31N3O2. The second-order valence-electron chi connectivity index (χ2n) is 9.39. The number of hydrogen-bond donors (Lipinski definition) is 0. The molecule has 5 nitrogen and oxygen atoms in total. The average molecular weight is 406 g/mol. The van der Waals surface area contributed by atoms with Crippen LogP contribution < -0.4 is 5.56 Å². The van der Waals surface area contributed by atoms with Crippen LogP contribution in [0.1, 0.15) is 43.4 Å². The van der Waals surface area contributed by atoms with Crippen LogP contribution in [-0.4, -0.2) is 52.5 Å². The van der Waals surface area contributed by atoms with Crippen molar-refractivity contribution in [3.63, 3.8) is 0 Å². The summed E-state index contributed by atoms with van der Waals surface area (Å²) >= 11 is 0. The third-order valence-electron chi connectivity index (χ3n) is 7.49. The Morgan fingerprint density at radius 1 is 0.967 bits per heavy atom. The van der Waals surface area contributed by atoms with Gasteiger partial charge in [-0.15, -0.1) is 0 Å². The Morgan fingerprint density at radius 3 is 2.47 bits per heavy atom. The van der Waals surface area contributed by atoms with Crippen molar-refractivity contribution in [2.75, 3.05) is 26.2 Å². The van der Waals surface area contributed by atoms with Crippen molar-refractivity contribution in [3.8, 4) is 11.1 Å². The number of likely N-dealkylation sites (tertiary alicyclic amines) is 2. The van der Waals surface area contributed by atoms with E-state index in [1.54, 1.807) is 6.92 Å². The molecule has 3 aliphatic rings. The van der Waals surface area contributed by atoms with Gasteiger partial charge in [-0.25, -0.2) is 0 Å². The van der Waals surface area contributed by atoms with Gasteiger partial charge in [-0.05, 0) is 55.4 Å². The van der Waals surface area contributed by atoms with Gasteiger partial charge in [0, 0.05) is 62.9 Å². The zero-order valence-corrected chi connectivity index (χ0v) is 18.0. The van der Waals surface area contributed by atoms with Gasteiger partial charge in [-0.2, -0.15) is 0 Å². The number of amides is 1. The number of carbonyl (C=O) groups is 1. The van der Waals surface area contributed by atoms with Gasteiger partial charge in [0.1, 0.15) is 0 Å². The number of nitrogens with zero attached hydrogens (tertiary/aromatic N) is 3. The zero-order valence-electron chi connectivity index (χ0n) is 18.0. The highest BCUT2D eigenvalue weighted by molar-refractivity contribution is 5.73. The lowest BCUT2D eigenvalue weighted by Crippen LogP contribution is -2.53. The van der Waals surface area contributed by atoms with Gasteiger partial charge in [-0.1, -0.05) is 24.3 Å². The van der Waals surface area contributed by atoms with Crippen molar-refractivity contribution in [2.45, 2.75) is 51.6 Å². The van der Waals surface area contributed by atoms with E-state index < -0.39 is 0 Å². The molecular weight excluding hydrogens is 374 g/mol. The predicted octanol–water partition coefficient (Wildman–Crippen LogP) is 3.25. The number of aryl methyl sites for hydroxylation is 1. The molecule has 1 aromatic carbocycles. The van der Waals surface area contributed by atoms with Gasteiger partial charge in [0.2, 0.25) is 5.91 Å². The van der Waals surface area contributed by atoms with Crippen LogP contribution in [0.25, 0.3) is 11.1 Å². The van der Waals surface area contributed by atoms with Crippen molar-refractivity contribution in [3.05, 3.63) is 58.0 Å². The fourth-order valence-corrected chi connectivity index (χ4v) is 5.91. The van der Waals surface area contributed by atoms with Crippen LogP contribution >= 0.6 is 0 Å². The standard InChI is InChI=1S/C25H31N3O2/c1-17-5-3-4-6-22(17)23-7-8-24-20-13-19(15-28(24)25(23)30)14-27(16-20)21-9-11-26(12-10-21)18(2)29/h3-8,19-21H,9-16H2,1-2H3. The van der Waals surface area contributed by atoms with E-state index in [1.807, 2.05) is 23.1 Å². The molecule has 2 saturated heterocycles. The van der Waals surface area contributed by atoms with Gasteiger partial charge in [0.15, 0.2) is 0 Å². The summed E-state index contributed by atoms with van der Waals surface area (Å²) in [5, 5.41) is 0. The third-order valence-corrected chi connectivity index (χ3v) is 7.49. The molecule has 0 N–H and O–H groups in total. The summed E-state index contributed by atoms with van der Waals surface area (Å²) < 4.78 is 2.07. The predicted molar refractivity (Wildman–Crippen MR) is 119 cm³/mol. The van der Waals surface area contributed by atoms with Crippen molar-refractivity contribution in [2.24, 2.45) is 5.92 Å². The van der Waals surface area contributed by atoms with Crippen molar-refractivity contribution < 1.29 is 4.79 Å². The molecule has 2 unspecified atom stereocenters. The molecule has 2 bridgehead atoms. The van der Waals surface area contributed by atoms with Crippen molar-refractivity contribution >= 4 is 5.91 Å². The minimum absolute atomic E-state index is 0.166. The van der Waals surface area contributed by atoms with Crippen LogP contribution in [0.4, 0.5) is 0 Å². The molecule has 0 radical (unpaired) electrons. The Morgan fingerprint density at radius 2 is 1.73 bits per heavy atom. The number of pyridine rings is 1. The summed E-state index contributed by atoms with van der Waals surface area (Å²) in [7, 11) is 0. The molecule has 5 rings (SSSR count). The van der Waals surface area contributed by atoms with Gasteiger partial charge >= 0.3 is 0 Å². The highest BCUT2D eigenvalue weighted by Crippen LogP contribution is 2.37. The van der Waals surface area contributed by atoms with Crippen LogP contribution in [0.2, 0.25) is 0 Å². The first kappa shape index (κ1) is 19.6. The summed E-state index contributed by atoms with van der Waals surface area (Å²) in [6, 6.07) is 13.0. The van der Waals surface area contributed by atoms with Gasteiger partial charge in [0.25, 0.3) is 5.56 Å². The van der Waals surface area contributed by atoms with E-state index in [4.69, 9.17) is 0 Å². The number of hydrogen-bond acceptors (Lipinski definition) is 3. The van der Waals surface area contributed by atoms with Crippen LogP contribution in [0, 0.1) is 12.8 Å². The number of benzene rings is 1. The largest absolute Gasteiger partial charge is 0.343 e. The Balaban J connectivity index is 1.39. The fraction of sp³-hybridized carbons (Fsp3) is 0.520. The number of aromatic nitrogens is 1. The van der Waals surface area contributed by atoms with E-state index in [2.05, 4.69) is 34.6 Å². The Hall–Kier alpha value is -2.40. The van der Waals surface area contributed by atoms with E-state index in [0.29, 0.717) is 17.9 Å². The number of rotatable bonds is 2. The topological polar surface area (TPSA) is 45.6 Å². The number of fused-ring (bicyclic) bond motifs is 4. The van der Waals surface area contributed by atoms with Gasteiger partial charge < -0.3 is 9.47 Å². The second-order valence-corrected chi connectivity index (χ2v) is 9.39. The lowest BCUT2D eigenvalue weighted by molar-refractivity contribution is -0.130. The first-order valence-electron chi connectivity index (χ1n) is 11.3. The van der Waals surface area contributed by atoms with E-state index in [-0.39, 0.29) is 11.5 Å². The van der Waals surface area contributed by atoms with E-state index >= 15 is 0 Å². The summed E-state index contributed by atoms with van der Waals surface area (Å²) in [5.41, 5.74) is 4.39. The van der Waals surface area contributed by atoms with E-state index in [1.165, 1.54) is 12.1 Å². The smallest absolute Gasteiger partial charge is 0.258 e. The molecule has 158 valence electrons. The molecule has 0 spiro atoms. The van der Waals surface area contributed by atoms with Crippen LogP contribution in [0.5, 0.6) is 0 Å². The minimum Gasteiger partial charge on any atom is -0.343 e. The van der Waals surface area contributed by atoms with E-state index in [0.717, 1.165) is 62.3 Å². The molecule has 5 heteroatoms. The Bertz CT molecular complexity index is 1020. The Labute approximate surface area is 178 Å². The summed E-state index contributed by atoms with van der Waals surface area (Å²) in [4.78, 5) is 29.7. The van der Waals surface area contributed by atoms with Crippen LogP contribution in [0.3, 0.4) is 0 Å². The zero-order chi connectivity index (χ0) is 20.8. The van der Waals surface area contributed by atoms with Crippen LogP contribution in [-0.2, 0) is 11.3 Å². The molecule has 30 heavy (non-hydrogen) atoms. The van der Waals surface area contributed by atoms with Crippen molar-refractivity contribution in [1.82, 2.24) is 14.4 Å². The highest BCUT2D eigenvalue weighted by atomic mass is 16.2. The summed E-state index contributed by atoms with van der Waals surface area (Å²) in [6.07, 6.45) is 3.32. The maximum atomic E-state index is 13.4. The molecule has 4 heterocycles. The molecule has 0 saturated carbocycles. The first-order valence-corrected chi connectivity index (χ1v) is 11.3. The molecule has 1 amide bonds. The van der Waals surface area contributed by atoms with Gasteiger partial charge in [0.05, 0.1) is 0 Å². The number of piperidine rings is 2. The van der Waals surface area contributed by atoms with E-state index in [9.17, 15) is 9.59 Å². The lowest BCUT2D eigenvalue weighted by Gasteiger charge is -2.47. The first-order chi connectivity index (χ1) is 14.5. The molecule has 2 atom stereocenters. The molecule has 2 aromatic rings. The summed E-state index contributed by atoms with van der Waals surface area (Å²) in [6.45, 7) is 8.43. The third kappa shape index (κ3) is 3.39. The molecule has 3 aliphatic heterocycles. The quantitative estimate of drug-likeness (QED) is 0.771. The maximum absolute atomic E-state index is 13.4. The second kappa shape index (κ2) is 7.69. The van der Waals surface area contributed by atoms with Crippen LogP contribution in [0.15, 0.2) is 41.2 Å². The van der Waals surface area contributed by atoms with Gasteiger partial charge in [-0.3, -0.25) is 14.5 Å². The average Bonchev–Trinajstić information content (AvgIpc) is 2.75. The fourth-order valence-electron chi connectivity index (χ4n) is 5.91. The SMILES string of the molecule is CC(=O)N1CCC(N2CC3CC(C2)c2ccc(-c4ccccc4C)c(=O)n2C3)CC1. The molecule has 0 aliphatic carbocycles. The highest BCUT2D eigenvalue weighted by Gasteiger charge is 2.38. The summed E-state index contributed by atoms with van der Waals surface area (Å²) in [5.74, 6) is 1.16. The lowest BCUT2D eigenvalue weighted by atomic mass is 9.81. The van der Waals surface area contributed by atoms with Crippen molar-refractivity contribution in [1.29, 1.82) is 0 Å². The Kier molecular flexibility index (Phi) is 5.02. The molecule has 2 fully saturated rings. The minimum atomic E-state index is 0.166. The number of carbonyl (C=O) groups excluding carboxylic acids is 1. The normalized spacial score (nSPS) is 24.5.